The topological polar surface area (TPSA) is 58.6 Å². The average molecular weight is 632 g/mol. The summed E-state index contributed by atoms with van der Waals surface area (Å²) < 4.78 is 5.97. The van der Waals surface area contributed by atoms with E-state index in [2.05, 4.69) is 36.3 Å². The van der Waals surface area contributed by atoms with Gasteiger partial charge >= 0.3 is 0 Å². The van der Waals surface area contributed by atoms with Gasteiger partial charge < -0.3 is 15.0 Å². The molecule has 5 nitrogen and oxygen atoms in total. The minimum Gasteiger partial charge on any atom is -0.493 e. The van der Waals surface area contributed by atoms with E-state index in [0.717, 1.165) is 42.1 Å². The Bertz CT molecular complexity index is 1100. The Morgan fingerprint density at radius 2 is 1.62 bits per heavy atom. The number of benzene rings is 2. The van der Waals surface area contributed by atoms with Gasteiger partial charge in [-0.15, -0.1) is 28.7 Å². The van der Waals surface area contributed by atoms with Gasteiger partial charge in [0.2, 0.25) is 5.91 Å². The van der Waals surface area contributed by atoms with Crippen molar-refractivity contribution in [3.05, 3.63) is 70.3 Å². The van der Waals surface area contributed by atoms with Crippen LogP contribution in [0.2, 0.25) is 0 Å². The third-order valence-electron chi connectivity index (χ3n) is 6.96. The number of unbranched alkanes of at least 4 members (excludes halogenated alkanes) is 9. The number of allylic oxidation sites excluding steroid dienone is 1. The number of nitrogens with zero attached hydrogens (tertiary/aromatic N) is 1. The molecular weight excluding hydrogens is 584 g/mol. The lowest BCUT2D eigenvalue weighted by atomic mass is 10.0. The molecule has 1 amide bonds. The van der Waals surface area contributed by atoms with Crippen molar-refractivity contribution in [2.45, 2.75) is 97.9 Å². The maximum absolute atomic E-state index is 12.8. The van der Waals surface area contributed by atoms with Crippen molar-refractivity contribution in [1.29, 1.82) is 0 Å². The molecule has 0 saturated heterocycles. The highest BCUT2D eigenvalue weighted by Gasteiger charge is 2.13. The third kappa shape index (κ3) is 12.5. The van der Waals surface area contributed by atoms with Crippen LogP contribution in [-0.2, 0) is 17.8 Å². The van der Waals surface area contributed by atoms with E-state index in [4.69, 9.17) is 4.74 Å². The molecule has 0 aliphatic carbocycles. The maximum Gasteiger partial charge on any atom is 0.228 e. The quantitative estimate of drug-likeness (QED) is 0.131. The number of amides is 1. The number of carbonyl (C=O) groups excluding carboxylic acids is 2. The van der Waals surface area contributed by atoms with Gasteiger partial charge in [0.15, 0.2) is 5.78 Å². The molecule has 0 saturated carbocycles. The average Bonchev–Trinajstić information content (AvgIpc) is 3.32. The number of anilines is 1. The van der Waals surface area contributed by atoms with Crippen molar-refractivity contribution in [3.63, 3.8) is 0 Å². The van der Waals surface area contributed by atoms with Crippen molar-refractivity contribution in [1.82, 2.24) is 4.90 Å². The first-order valence-corrected chi connectivity index (χ1v) is 15.6. The SMILES string of the molecule is Br.CCCCCCCCCCCCOc1ccc(CC(=O)Nc2cccc(CN3C=C(C)SC3)c2)cc1C(C)=O. The van der Waals surface area contributed by atoms with Crippen molar-refractivity contribution >= 4 is 46.1 Å². The largest absolute Gasteiger partial charge is 0.493 e. The molecule has 0 fully saturated rings. The fraction of sp³-hybridized carbons (Fsp3) is 0.515. The minimum absolute atomic E-state index is 0. The molecule has 1 N–H and O–H groups in total. The van der Waals surface area contributed by atoms with Crippen LogP contribution in [0.5, 0.6) is 5.75 Å². The van der Waals surface area contributed by atoms with Crippen molar-refractivity contribution in [2.75, 3.05) is 17.8 Å². The lowest BCUT2D eigenvalue weighted by Gasteiger charge is -2.15. The second kappa shape index (κ2) is 19.0. The molecule has 2 aromatic rings. The first kappa shape index (κ1) is 34.0. The van der Waals surface area contributed by atoms with Crippen LogP contribution < -0.4 is 10.1 Å². The van der Waals surface area contributed by atoms with E-state index in [0.29, 0.717) is 17.9 Å². The molecule has 7 heteroatoms. The molecular formula is C33H47BrN2O3S. The molecule has 2 aromatic carbocycles. The highest BCUT2D eigenvalue weighted by Crippen LogP contribution is 2.26. The molecule has 3 rings (SSSR count). The number of Topliss-reactive ketones (excluding diaryl/α,β-unsaturated/α-hetero) is 1. The van der Waals surface area contributed by atoms with Gasteiger partial charge in [-0.05, 0) is 60.6 Å². The molecule has 0 bridgehead atoms. The summed E-state index contributed by atoms with van der Waals surface area (Å²) in [6, 6.07) is 13.5. The molecule has 40 heavy (non-hydrogen) atoms. The standard InChI is InChI=1S/C33H46N2O3S.BrH/c1-4-5-6-7-8-9-10-11-12-13-19-38-32-18-17-28(21-31(32)27(3)36)22-33(37)34-30-16-14-15-29(20-30)24-35-23-26(2)39-25-35;/h14-18,20-21,23H,4-13,19,22,24-25H2,1-3H3,(H,34,37);1H. The molecule has 1 aliphatic heterocycles. The second-order valence-corrected chi connectivity index (χ2v) is 11.8. The number of ketones is 1. The summed E-state index contributed by atoms with van der Waals surface area (Å²) in [4.78, 5) is 28.7. The van der Waals surface area contributed by atoms with Gasteiger partial charge in [0.05, 0.1) is 24.5 Å². The van der Waals surface area contributed by atoms with E-state index in [1.807, 2.05) is 42.1 Å². The fourth-order valence-electron chi connectivity index (χ4n) is 4.84. The second-order valence-electron chi connectivity index (χ2n) is 10.6. The molecule has 1 heterocycles. The number of carbonyl (C=O) groups is 2. The smallest absolute Gasteiger partial charge is 0.228 e. The molecule has 0 spiro atoms. The van der Waals surface area contributed by atoms with Crippen LogP contribution in [0.3, 0.4) is 0 Å². The fourth-order valence-corrected chi connectivity index (χ4v) is 5.60. The summed E-state index contributed by atoms with van der Waals surface area (Å²) >= 11 is 1.84. The maximum atomic E-state index is 12.8. The third-order valence-corrected chi connectivity index (χ3v) is 7.98. The molecule has 0 radical (unpaired) electrons. The van der Waals surface area contributed by atoms with Gasteiger partial charge in [-0.1, -0.05) is 82.9 Å². The number of hydrogen-bond donors (Lipinski definition) is 1. The van der Waals surface area contributed by atoms with Crippen LogP contribution in [0.15, 0.2) is 53.6 Å². The number of thioether (sulfide) groups is 1. The lowest BCUT2D eigenvalue weighted by Crippen LogP contribution is -2.16. The van der Waals surface area contributed by atoms with Crippen molar-refractivity contribution < 1.29 is 14.3 Å². The Labute approximate surface area is 256 Å². The molecule has 0 unspecified atom stereocenters. The summed E-state index contributed by atoms with van der Waals surface area (Å²) in [5.41, 5.74) is 3.28. The van der Waals surface area contributed by atoms with Crippen LogP contribution in [0.25, 0.3) is 0 Å². The number of hydrogen-bond acceptors (Lipinski definition) is 5. The van der Waals surface area contributed by atoms with E-state index >= 15 is 0 Å². The normalized spacial score (nSPS) is 12.6. The van der Waals surface area contributed by atoms with Crippen molar-refractivity contribution in [3.8, 4) is 5.75 Å². The summed E-state index contributed by atoms with van der Waals surface area (Å²) in [5.74, 6) is 1.42. The van der Waals surface area contributed by atoms with Gasteiger partial charge in [0.25, 0.3) is 0 Å². The van der Waals surface area contributed by atoms with E-state index in [-0.39, 0.29) is 35.1 Å². The van der Waals surface area contributed by atoms with Gasteiger partial charge in [0.1, 0.15) is 5.75 Å². The molecule has 0 atom stereocenters. The minimum atomic E-state index is -0.104. The van der Waals surface area contributed by atoms with Crippen LogP contribution in [0.1, 0.15) is 106 Å². The van der Waals surface area contributed by atoms with Gasteiger partial charge in [0, 0.05) is 18.4 Å². The zero-order chi connectivity index (χ0) is 27.9. The highest BCUT2D eigenvalue weighted by molar-refractivity contribution is 8.93. The van der Waals surface area contributed by atoms with Gasteiger partial charge in [-0.25, -0.2) is 0 Å². The highest BCUT2D eigenvalue weighted by atomic mass is 79.9. The number of ether oxygens (including phenoxy) is 1. The summed E-state index contributed by atoms with van der Waals surface area (Å²) in [6.07, 6.45) is 15.1. The van der Waals surface area contributed by atoms with Crippen molar-refractivity contribution in [2.24, 2.45) is 0 Å². The summed E-state index contributed by atoms with van der Waals surface area (Å²) in [6.45, 7) is 7.35. The zero-order valence-corrected chi connectivity index (χ0v) is 27.0. The Kier molecular flexibility index (Phi) is 16.1. The van der Waals surface area contributed by atoms with Crippen LogP contribution in [0.4, 0.5) is 5.69 Å². The first-order chi connectivity index (χ1) is 18.9. The van der Waals surface area contributed by atoms with Crippen LogP contribution in [0, 0.1) is 0 Å². The molecule has 220 valence electrons. The summed E-state index contributed by atoms with van der Waals surface area (Å²) in [7, 11) is 0. The summed E-state index contributed by atoms with van der Waals surface area (Å²) in [5, 5.41) is 3.01. The lowest BCUT2D eigenvalue weighted by molar-refractivity contribution is -0.115. The monoisotopic (exact) mass is 630 g/mol. The number of rotatable bonds is 18. The van der Waals surface area contributed by atoms with Crippen LogP contribution in [-0.4, -0.2) is 29.1 Å². The Hall–Kier alpha value is -2.25. The number of halogens is 1. The Morgan fingerprint density at radius 1 is 0.925 bits per heavy atom. The zero-order valence-electron chi connectivity index (χ0n) is 24.5. The van der Waals surface area contributed by atoms with E-state index in [1.165, 1.54) is 56.3 Å². The first-order valence-electron chi connectivity index (χ1n) is 14.7. The molecule has 1 aliphatic rings. The van der Waals surface area contributed by atoms with Gasteiger partial charge in [-0.3, -0.25) is 9.59 Å². The van der Waals surface area contributed by atoms with E-state index in [9.17, 15) is 9.59 Å². The van der Waals surface area contributed by atoms with E-state index in [1.54, 1.807) is 13.0 Å². The number of nitrogens with one attached hydrogen (secondary N) is 1. The predicted molar refractivity (Wildman–Crippen MR) is 175 cm³/mol. The van der Waals surface area contributed by atoms with Gasteiger partial charge in [-0.2, -0.15) is 0 Å². The van der Waals surface area contributed by atoms with E-state index < -0.39 is 0 Å². The predicted octanol–water partition coefficient (Wildman–Crippen LogP) is 9.32. The molecule has 0 aromatic heterocycles. The Balaban J connectivity index is 0.00000560. The van der Waals surface area contributed by atoms with Crippen LogP contribution >= 0.6 is 28.7 Å². The Morgan fingerprint density at radius 3 is 2.27 bits per heavy atom.